The molecule has 0 saturated heterocycles. The van der Waals surface area contributed by atoms with Gasteiger partial charge < -0.3 is 19.9 Å². The topological polar surface area (TPSA) is 97.1 Å². The van der Waals surface area contributed by atoms with E-state index in [9.17, 15) is 15.2 Å². The number of ether oxygens (including phenoxy) is 2. The van der Waals surface area contributed by atoms with E-state index in [1.54, 1.807) is 31.4 Å². The van der Waals surface area contributed by atoms with Crippen molar-refractivity contribution in [1.82, 2.24) is 10.2 Å². The minimum Gasteiger partial charge on any atom is -0.493 e. The summed E-state index contributed by atoms with van der Waals surface area (Å²) in [5, 5.41) is 25.7. The molecule has 3 aromatic carbocycles. The lowest BCUT2D eigenvalue weighted by Crippen LogP contribution is -2.51. The normalized spacial score (nSPS) is 13.3. The van der Waals surface area contributed by atoms with Crippen LogP contribution in [0.25, 0.3) is 0 Å². The van der Waals surface area contributed by atoms with Crippen LogP contribution in [0.5, 0.6) is 11.5 Å². The number of nitrogens with zero attached hydrogens (tertiary/aromatic N) is 2. The number of hydrogen-bond acceptors (Lipinski definition) is 7. The van der Waals surface area contributed by atoms with Crippen LogP contribution in [0.2, 0.25) is 0 Å². The Morgan fingerprint density at radius 1 is 1.00 bits per heavy atom. The summed E-state index contributed by atoms with van der Waals surface area (Å²) < 4.78 is 11.0. The average Bonchev–Trinajstić information content (AvgIpc) is 2.87. The van der Waals surface area contributed by atoms with Gasteiger partial charge in [0.1, 0.15) is 12.7 Å². The van der Waals surface area contributed by atoms with E-state index in [0.29, 0.717) is 30.2 Å². The third kappa shape index (κ3) is 7.27. The van der Waals surface area contributed by atoms with Crippen molar-refractivity contribution in [3.8, 4) is 11.5 Å². The summed E-state index contributed by atoms with van der Waals surface area (Å²) in [4.78, 5) is 13.5. The molecule has 192 valence electrons. The molecule has 0 heterocycles. The largest absolute Gasteiger partial charge is 0.493 e. The second-order valence-corrected chi connectivity index (χ2v) is 9.42. The summed E-state index contributed by atoms with van der Waals surface area (Å²) in [6.07, 6.45) is -0.736. The first-order valence-corrected chi connectivity index (χ1v) is 11.9. The number of benzene rings is 3. The molecule has 3 rings (SSSR count). The van der Waals surface area contributed by atoms with Gasteiger partial charge in [-0.25, -0.2) is 0 Å². The summed E-state index contributed by atoms with van der Waals surface area (Å²) in [6, 6.07) is 23.6. The molecule has 2 unspecified atom stereocenters. The third-order valence-electron chi connectivity index (χ3n) is 5.95. The zero-order valence-corrected chi connectivity index (χ0v) is 21.3. The van der Waals surface area contributed by atoms with Crippen LogP contribution in [0.4, 0.5) is 5.69 Å². The molecule has 0 aliphatic heterocycles. The molecule has 8 nitrogen and oxygen atoms in total. The maximum absolute atomic E-state index is 11.8. The number of aliphatic hydroxyl groups excluding tert-OH is 1. The molecule has 0 aliphatic rings. The highest BCUT2D eigenvalue weighted by molar-refractivity contribution is 5.46. The van der Waals surface area contributed by atoms with Crippen molar-refractivity contribution in [3.63, 3.8) is 0 Å². The first kappa shape index (κ1) is 27.1. The minimum absolute atomic E-state index is 0.0906. The Hall–Kier alpha value is -3.46. The number of likely N-dealkylation sites (N-methyl/N-ethyl adjacent to an activating group) is 1. The van der Waals surface area contributed by atoms with Crippen LogP contribution in [0.3, 0.4) is 0 Å². The molecule has 0 aliphatic carbocycles. The van der Waals surface area contributed by atoms with E-state index in [0.717, 1.165) is 5.56 Å². The van der Waals surface area contributed by atoms with Crippen LogP contribution >= 0.6 is 0 Å². The Morgan fingerprint density at radius 2 is 1.61 bits per heavy atom. The first-order chi connectivity index (χ1) is 17.2. The number of para-hydroxylation sites is 3. The van der Waals surface area contributed by atoms with Crippen LogP contribution in [-0.2, 0) is 0 Å². The summed E-state index contributed by atoms with van der Waals surface area (Å²) in [5.74, 6) is 1.19. The number of nitro groups is 1. The Balaban J connectivity index is 1.68. The highest BCUT2D eigenvalue weighted by Crippen LogP contribution is 2.34. The van der Waals surface area contributed by atoms with Crippen LogP contribution in [0.15, 0.2) is 78.9 Å². The van der Waals surface area contributed by atoms with Gasteiger partial charge in [-0.15, -0.1) is 0 Å². The van der Waals surface area contributed by atoms with Crippen LogP contribution in [0.1, 0.15) is 31.0 Å². The van der Waals surface area contributed by atoms with E-state index in [2.05, 4.69) is 10.2 Å². The monoisotopic (exact) mass is 493 g/mol. The van der Waals surface area contributed by atoms with Gasteiger partial charge in [-0.05, 0) is 38.6 Å². The highest BCUT2D eigenvalue weighted by Gasteiger charge is 2.30. The van der Waals surface area contributed by atoms with Gasteiger partial charge in [0, 0.05) is 24.7 Å². The van der Waals surface area contributed by atoms with Gasteiger partial charge in [0.15, 0.2) is 11.5 Å². The molecule has 0 amide bonds. The lowest BCUT2D eigenvalue weighted by Gasteiger charge is -2.36. The van der Waals surface area contributed by atoms with E-state index in [4.69, 9.17) is 9.47 Å². The lowest BCUT2D eigenvalue weighted by atomic mass is 9.94. The minimum atomic E-state index is -0.736. The maximum Gasteiger partial charge on any atom is 0.274 e. The van der Waals surface area contributed by atoms with Gasteiger partial charge in [0.2, 0.25) is 0 Å². The van der Waals surface area contributed by atoms with Gasteiger partial charge >= 0.3 is 0 Å². The van der Waals surface area contributed by atoms with E-state index in [1.807, 2.05) is 75.5 Å². The molecular formula is C28H35N3O5. The Morgan fingerprint density at radius 3 is 2.28 bits per heavy atom. The number of hydrogen-bond donors (Lipinski definition) is 2. The quantitative estimate of drug-likeness (QED) is 0.268. The molecule has 3 aromatic rings. The van der Waals surface area contributed by atoms with E-state index < -0.39 is 11.6 Å². The fourth-order valence-electron chi connectivity index (χ4n) is 4.34. The molecule has 8 heteroatoms. The van der Waals surface area contributed by atoms with E-state index >= 15 is 0 Å². The Kier molecular flexibility index (Phi) is 9.41. The highest BCUT2D eigenvalue weighted by atomic mass is 16.6. The van der Waals surface area contributed by atoms with Gasteiger partial charge in [0.05, 0.1) is 23.6 Å². The molecular weight excluding hydrogens is 458 g/mol. The summed E-state index contributed by atoms with van der Waals surface area (Å²) in [6.45, 7) is 5.08. The molecule has 0 fully saturated rings. The lowest BCUT2D eigenvalue weighted by molar-refractivity contribution is -0.385. The molecule has 2 N–H and O–H groups in total. The standard InChI is InChI=1S/C28H35N3O5/c1-28(2,29-18-22(32)19-36-26-17-11-10-16-25(26)35-4)20-30(3)27(21-12-6-5-7-13-21)23-14-8-9-15-24(23)31(33)34/h5-17,22,27,29,32H,18-20H2,1-4H3. The SMILES string of the molecule is COc1ccccc1OCC(O)CNC(C)(C)CN(C)C(c1ccccc1)c1ccccc1[N+](=O)[O-]. The molecule has 36 heavy (non-hydrogen) atoms. The van der Waals surface area contributed by atoms with E-state index in [-0.39, 0.29) is 23.3 Å². The summed E-state index contributed by atoms with van der Waals surface area (Å²) >= 11 is 0. The smallest absolute Gasteiger partial charge is 0.274 e. The van der Waals surface area contributed by atoms with E-state index in [1.165, 1.54) is 0 Å². The third-order valence-corrected chi connectivity index (χ3v) is 5.95. The van der Waals surface area contributed by atoms with Gasteiger partial charge in [-0.3, -0.25) is 15.0 Å². The molecule has 0 saturated carbocycles. The Labute approximate surface area is 212 Å². The van der Waals surface area contributed by atoms with Crippen molar-refractivity contribution < 1.29 is 19.5 Å². The molecule has 0 spiro atoms. The summed E-state index contributed by atoms with van der Waals surface area (Å²) in [5.41, 5.74) is 1.29. The second kappa shape index (κ2) is 12.5. The zero-order chi connectivity index (χ0) is 26.1. The Bertz CT molecular complexity index is 1120. The van der Waals surface area contributed by atoms with Gasteiger partial charge in [-0.2, -0.15) is 0 Å². The number of nitro benzene ring substituents is 1. The fraction of sp³-hybridized carbons (Fsp3) is 0.357. The maximum atomic E-state index is 11.8. The number of methoxy groups -OCH3 is 1. The fourth-order valence-corrected chi connectivity index (χ4v) is 4.34. The predicted molar refractivity (Wildman–Crippen MR) is 141 cm³/mol. The van der Waals surface area contributed by atoms with Crippen molar-refractivity contribution in [2.75, 3.05) is 33.9 Å². The molecule has 0 radical (unpaired) electrons. The predicted octanol–water partition coefficient (Wildman–Crippen LogP) is 4.43. The van der Waals surface area contributed by atoms with Crippen LogP contribution < -0.4 is 14.8 Å². The second-order valence-electron chi connectivity index (χ2n) is 9.42. The molecule has 0 bridgehead atoms. The summed E-state index contributed by atoms with van der Waals surface area (Å²) in [7, 11) is 3.53. The van der Waals surface area contributed by atoms with Crippen molar-refractivity contribution in [1.29, 1.82) is 0 Å². The number of nitrogens with one attached hydrogen (secondary N) is 1. The number of rotatable bonds is 13. The van der Waals surface area contributed by atoms with Gasteiger partial charge in [0.25, 0.3) is 5.69 Å². The zero-order valence-electron chi connectivity index (χ0n) is 21.3. The van der Waals surface area contributed by atoms with Gasteiger partial charge in [-0.1, -0.05) is 60.7 Å². The van der Waals surface area contributed by atoms with Crippen LogP contribution in [0, 0.1) is 10.1 Å². The van der Waals surface area contributed by atoms with Crippen molar-refractivity contribution in [2.24, 2.45) is 0 Å². The van der Waals surface area contributed by atoms with Crippen molar-refractivity contribution in [2.45, 2.75) is 31.5 Å². The molecule has 0 aromatic heterocycles. The van der Waals surface area contributed by atoms with Crippen LogP contribution in [-0.4, -0.2) is 60.4 Å². The average molecular weight is 494 g/mol. The van der Waals surface area contributed by atoms with Crippen molar-refractivity contribution >= 4 is 5.69 Å². The number of β-amino-alcohol motifs (C(OH)–C–C–N with tert-alkyl or cyclic N) is 1. The molecule has 2 atom stereocenters. The first-order valence-electron chi connectivity index (χ1n) is 11.9. The number of aliphatic hydroxyl groups is 1. The van der Waals surface area contributed by atoms with Crippen molar-refractivity contribution in [3.05, 3.63) is 100 Å².